The molecule has 0 aliphatic rings. The van der Waals surface area contributed by atoms with Gasteiger partial charge in [-0.1, -0.05) is 60.4 Å². The van der Waals surface area contributed by atoms with Crippen molar-refractivity contribution in [3.63, 3.8) is 0 Å². The molecule has 0 saturated heterocycles. The summed E-state index contributed by atoms with van der Waals surface area (Å²) in [4.78, 5) is 29.6. The first-order chi connectivity index (χ1) is 15.1. The third kappa shape index (κ3) is 4.39. The number of ether oxygens (including phenoxy) is 2. The summed E-state index contributed by atoms with van der Waals surface area (Å²) in [6, 6.07) is 14.8. The van der Waals surface area contributed by atoms with Gasteiger partial charge in [0.15, 0.2) is 11.5 Å². The van der Waals surface area contributed by atoms with Crippen molar-refractivity contribution in [1.82, 2.24) is 14.6 Å². The lowest BCUT2D eigenvalue weighted by atomic mass is 10.1. The minimum Gasteiger partial charge on any atom is -0.493 e. The van der Waals surface area contributed by atoms with Crippen molar-refractivity contribution in [3.05, 3.63) is 103 Å². The van der Waals surface area contributed by atoms with Crippen LogP contribution in [-0.4, -0.2) is 28.3 Å². The Balaban J connectivity index is 1.74. The first kappa shape index (κ1) is 20.5. The fraction of sp³-hybridized carbons (Fsp3) is 0.130. The van der Waals surface area contributed by atoms with Crippen LogP contribution in [0.1, 0.15) is 16.8 Å². The van der Waals surface area contributed by atoms with Gasteiger partial charge in [-0.25, -0.2) is 0 Å². The van der Waals surface area contributed by atoms with E-state index in [-0.39, 0.29) is 16.2 Å². The Kier molecular flexibility index (Phi) is 5.90. The van der Waals surface area contributed by atoms with Gasteiger partial charge in [-0.3, -0.25) is 9.59 Å². The molecule has 0 amide bonds. The monoisotopic (exact) mass is 433 g/mol. The van der Waals surface area contributed by atoms with Crippen LogP contribution in [0.15, 0.2) is 70.8 Å². The SMILES string of the molecule is C=CCOc1ccc(C=c2sc3nc(=O)c(Cc4ccccc4)nn3c2=O)cc1OC. The van der Waals surface area contributed by atoms with Crippen LogP contribution in [0.4, 0.5) is 0 Å². The van der Waals surface area contributed by atoms with Gasteiger partial charge in [-0.2, -0.15) is 14.6 Å². The van der Waals surface area contributed by atoms with Gasteiger partial charge in [0.1, 0.15) is 12.3 Å². The van der Waals surface area contributed by atoms with Crippen LogP contribution in [0, 0.1) is 0 Å². The molecule has 156 valence electrons. The van der Waals surface area contributed by atoms with Crippen LogP contribution in [-0.2, 0) is 6.42 Å². The molecule has 0 fully saturated rings. The van der Waals surface area contributed by atoms with E-state index in [1.54, 1.807) is 31.4 Å². The number of methoxy groups -OCH3 is 1. The standard InChI is InChI=1S/C23H19N3O4S/c1-3-11-30-18-10-9-16(13-19(18)29-2)14-20-22(28)26-23(31-20)24-21(27)17(25-26)12-15-7-5-4-6-8-15/h3-10,13-14H,1,11-12H2,2H3. The second-order valence-electron chi connectivity index (χ2n) is 6.65. The highest BCUT2D eigenvalue weighted by atomic mass is 32.1. The summed E-state index contributed by atoms with van der Waals surface area (Å²) >= 11 is 1.12. The maximum Gasteiger partial charge on any atom is 0.296 e. The Labute approximate surface area is 181 Å². The van der Waals surface area contributed by atoms with Gasteiger partial charge in [0.25, 0.3) is 11.1 Å². The number of nitrogens with zero attached hydrogens (tertiary/aromatic N) is 3. The molecule has 8 heteroatoms. The number of aromatic nitrogens is 3. The largest absolute Gasteiger partial charge is 0.493 e. The molecule has 2 heterocycles. The molecule has 4 aromatic rings. The van der Waals surface area contributed by atoms with Crippen molar-refractivity contribution < 1.29 is 9.47 Å². The molecular formula is C23H19N3O4S. The molecule has 0 aliphatic heterocycles. The lowest BCUT2D eigenvalue weighted by Gasteiger charge is -2.09. The zero-order valence-electron chi connectivity index (χ0n) is 16.8. The van der Waals surface area contributed by atoms with E-state index < -0.39 is 5.56 Å². The van der Waals surface area contributed by atoms with E-state index in [2.05, 4.69) is 16.7 Å². The summed E-state index contributed by atoms with van der Waals surface area (Å²) in [7, 11) is 1.55. The van der Waals surface area contributed by atoms with E-state index in [4.69, 9.17) is 9.47 Å². The van der Waals surface area contributed by atoms with E-state index in [9.17, 15) is 9.59 Å². The molecule has 0 radical (unpaired) electrons. The van der Waals surface area contributed by atoms with E-state index in [1.807, 2.05) is 36.4 Å². The van der Waals surface area contributed by atoms with Crippen molar-refractivity contribution in [2.24, 2.45) is 0 Å². The van der Waals surface area contributed by atoms with Crippen LogP contribution < -0.4 is 25.1 Å². The van der Waals surface area contributed by atoms with Crippen molar-refractivity contribution in [1.29, 1.82) is 0 Å². The molecule has 2 aromatic carbocycles. The average molecular weight is 433 g/mol. The Morgan fingerprint density at radius 3 is 2.68 bits per heavy atom. The minimum absolute atomic E-state index is 0.232. The van der Waals surface area contributed by atoms with Crippen LogP contribution >= 0.6 is 11.3 Å². The highest BCUT2D eigenvalue weighted by molar-refractivity contribution is 7.15. The third-order valence-electron chi connectivity index (χ3n) is 4.51. The summed E-state index contributed by atoms with van der Waals surface area (Å²) in [5, 5.41) is 4.28. The molecule has 0 aliphatic carbocycles. The summed E-state index contributed by atoms with van der Waals surface area (Å²) in [5.74, 6) is 1.12. The topological polar surface area (TPSA) is 82.8 Å². The second-order valence-corrected chi connectivity index (χ2v) is 7.66. The van der Waals surface area contributed by atoms with Crippen LogP contribution in [0.2, 0.25) is 0 Å². The van der Waals surface area contributed by atoms with Gasteiger partial charge in [0.2, 0.25) is 4.96 Å². The van der Waals surface area contributed by atoms with Gasteiger partial charge < -0.3 is 9.47 Å². The Morgan fingerprint density at radius 1 is 1.13 bits per heavy atom. The molecule has 31 heavy (non-hydrogen) atoms. The van der Waals surface area contributed by atoms with Crippen molar-refractivity contribution in [2.45, 2.75) is 6.42 Å². The number of benzene rings is 2. The van der Waals surface area contributed by atoms with Crippen LogP contribution in [0.5, 0.6) is 11.5 Å². The molecule has 0 N–H and O–H groups in total. The number of hydrogen-bond donors (Lipinski definition) is 0. The molecule has 0 spiro atoms. The summed E-state index contributed by atoms with van der Waals surface area (Å²) in [6.07, 6.45) is 3.67. The van der Waals surface area contributed by atoms with Gasteiger partial charge in [0, 0.05) is 6.42 Å². The van der Waals surface area contributed by atoms with Gasteiger partial charge in [0.05, 0.1) is 11.6 Å². The van der Waals surface area contributed by atoms with Crippen molar-refractivity contribution in [2.75, 3.05) is 13.7 Å². The minimum atomic E-state index is -0.429. The van der Waals surface area contributed by atoms with Gasteiger partial charge in [-0.15, -0.1) is 0 Å². The first-order valence-corrected chi connectivity index (χ1v) is 10.3. The van der Waals surface area contributed by atoms with Gasteiger partial charge >= 0.3 is 0 Å². The molecule has 0 bridgehead atoms. The van der Waals surface area contributed by atoms with Crippen LogP contribution in [0.25, 0.3) is 11.0 Å². The van der Waals surface area contributed by atoms with Crippen molar-refractivity contribution >= 4 is 22.4 Å². The number of thiazole rings is 1. The molecular weight excluding hydrogens is 414 g/mol. The Bertz CT molecular complexity index is 1410. The molecule has 2 aromatic heterocycles. The Morgan fingerprint density at radius 2 is 1.94 bits per heavy atom. The predicted octanol–water partition coefficient (Wildman–Crippen LogP) is 2.22. The quantitative estimate of drug-likeness (QED) is 0.416. The summed E-state index contributed by atoms with van der Waals surface area (Å²) in [6.45, 7) is 3.99. The fourth-order valence-electron chi connectivity index (χ4n) is 3.03. The third-order valence-corrected chi connectivity index (χ3v) is 5.47. The number of fused-ring (bicyclic) bond motifs is 1. The van der Waals surface area contributed by atoms with E-state index in [1.165, 1.54) is 4.52 Å². The smallest absolute Gasteiger partial charge is 0.296 e. The second kappa shape index (κ2) is 8.93. The maximum absolute atomic E-state index is 12.9. The van der Waals surface area contributed by atoms with Gasteiger partial charge in [-0.05, 0) is 29.3 Å². The number of rotatable bonds is 7. The predicted molar refractivity (Wildman–Crippen MR) is 120 cm³/mol. The maximum atomic E-state index is 12.9. The lowest BCUT2D eigenvalue weighted by molar-refractivity contribution is 0.326. The molecule has 0 saturated carbocycles. The fourth-order valence-corrected chi connectivity index (χ4v) is 3.94. The molecule has 4 rings (SSSR count). The highest BCUT2D eigenvalue weighted by Crippen LogP contribution is 2.28. The summed E-state index contributed by atoms with van der Waals surface area (Å²) < 4.78 is 12.5. The molecule has 7 nitrogen and oxygen atoms in total. The first-order valence-electron chi connectivity index (χ1n) is 9.49. The van der Waals surface area contributed by atoms with Crippen LogP contribution in [0.3, 0.4) is 0 Å². The molecule has 0 unspecified atom stereocenters. The molecule has 0 atom stereocenters. The van der Waals surface area contributed by atoms with E-state index in [0.717, 1.165) is 22.5 Å². The number of hydrogen-bond acceptors (Lipinski definition) is 7. The average Bonchev–Trinajstić information content (AvgIpc) is 3.08. The zero-order valence-corrected chi connectivity index (χ0v) is 17.6. The van der Waals surface area contributed by atoms with E-state index in [0.29, 0.717) is 29.1 Å². The normalized spacial score (nSPS) is 11.6. The van der Waals surface area contributed by atoms with E-state index >= 15 is 0 Å². The summed E-state index contributed by atoms with van der Waals surface area (Å²) in [5.41, 5.74) is 1.15. The van der Waals surface area contributed by atoms with Crippen molar-refractivity contribution in [3.8, 4) is 11.5 Å². The lowest BCUT2D eigenvalue weighted by Crippen LogP contribution is -2.28. The zero-order chi connectivity index (χ0) is 21.8. The Hall–Kier alpha value is -3.78. The highest BCUT2D eigenvalue weighted by Gasteiger charge is 2.12.